The Morgan fingerprint density at radius 3 is 2.88 bits per heavy atom. The second-order valence-electron chi connectivity index (χ2n) is 4.81. The topological polar surface area (TPSA) is 66.9 Å². The van der Waals surface area contributed by atoms with Crippen LogP contribution in [0.2, 0.25) is 0 Å². The summed E-state index contributed by atoms with van der Waals surface area (Å²) in [4.78, 5) is 19.9. The number of nitrogens with zero attached hydrogens (tertiary/aromatic N) is 2. The van der Waals surface area contributed by atoms with E-state index in [1.165, 1.54) is 19.2 Å². The third-order valence-corrected chi connectivity index (χ3v) is 2.50. The molecule has 1 saturated carbocycles. The number of hydrogen-bond donors (Lipinski definition) is 2. The molecule has 1 heterocycles. The Labute approximate surface area is 101 Å². The molecule has 1 aliphatic carbocycles. The van der Waals surface area contributed by atoms with Crippen LogP contribution in [0.25, 0.3) is 0 Å². The van der Waals surface area contributed by atoms with Crippen molar-refractivity contribution in [3.63, 3.8) is 0 Å². The Bertz CT molecular complexity index is 401. The van der Waals surface area contributed by atoms with E-state index >= 15 is 0 Å². The summed E-state index contributed by atoms with van der Waals surface area (Å²) in [5.74, 6) is 1.03. The van der Waals surface area contributed by atoms with Crippen molar-refractivity contribution in [3.8, 4) is 0 Å². The molecule has 0 saturated heterocycles. The molecule has 0 aromatic carbocycles. The fraction of sp³-hybridized carbons (Fsp3) is 0.583. The van der Waals surface area contributed by atoms with Crippen LogP contribution < -0.4 is 10.6 Å². The summed E-state index contributed by atoms with van der Waals surface area (Å²) in [6, 6.07) is 2.23. The number of carbonyl (C=O) groups excluding carboxylic acids is 1. The summed E-state index contributed by atoms with van der Waals surface area (Å²) in [6.45, 7) is 4.77. The molecular weight excluding hydrogens is 216 g/mol. The van der Waals surface area contributed by atoms with E-state index in [-0.39, 0.29) is 5.91 Å². The molecule has 2 rings (SSSR count). The second-order valence-corrected chi connectivity index (χ2v) is 4.81. The smallest absolute Gasteiger partial charge is 0.270 e. The van der Waals surface area contributed by atoms with E-state index in [9.17, 15) is 4.79 Å². The highest BCUT2D eigenvalue weighted by molar-refractivity contribution is 5.92. The molecule has 1 aromatic rings. The lowest BCUT2D eigenvalue weighted by molar-refractivity contribution is 0.0944. The van der Waals surface area contributed by atoms with Gasteiger partial charge in [0.2, 0.25) is 0 Å². The normalized spacial score (nSPS) is 14.8. The zero-order chi connectivity index (χ0) is 12.3. The second kappa shape index (κ2) is 5.12. The number of nitrogens with one attached hydrogen (secondary N) is 2. The van der Waals surface area contributed by atoms with Gasteiger partial charge in [0.1, 0.15) is 17.8 Å². The predicted molar refractivity (Wildman–Crippen MR) is 65.8 cm³/mol. The van der Waals surface area contributed by atoms with Crippen LogP contribution in [0.1, 0.15) is 37.2 Å². The molecule has 0 bridgehead atoms. The Kier molecular flexibility index (Phi) is 3.56. The average molecular weight is 234 g/mol. The molecule has 2 N–H and O–H groups in total. The van der Waals surface area contributed by atoms with Crippen molar-refractivity contribution in [1.29, 1.82) is 0 Å². The van der Waals surface area contributed by atoms with Crippen molar-refractivity contribution in [3.05, 3.63) is 18.1 Å². The molecule has 5 nitrogen and oxygen atoms in total. The summed E-state index contributed by atoms with van der Waals surface area (Å²) < 4.78 is 0. The van der Waals surface area contributed by atoms with Crippen LogP contribution in [0.4, 0.5) is 5.82 Å². The van der Waals surface area contributed by atoms with Crippen LogP contribution in [0.3, 0.4) is 0 Å². The molecule has 1 aliphatic rings. The van der Waals surface area contributed by atoms with Crippen LogP contribution in [0, 0.1) is 5.92 Å². The molecule has 1 amide bonds. The minimum absolute atomic E-state index is 0.139. The van der Waals surface area contributed by atoms with Gasteiger partial charge in [0.05, 0.1) is 0 Å². The minimum atomic E-state index is -0.139. The summed E-state index contributed by atoms with van der Waals surface area (Å²) >= 11 is 0. The standard InChI is InChI=1S/C12H18N4O/c1-8(2)6-13-12(17)10-5-11(15-7-14-10)16-9-3-4-9/h5,7-9H,3-4,6H2,1-2H3,(H,13,17)(H,14,15,16). The first-order valence-corrected chi connectivity index (χ1v) is 6.02. The first-order chi connectivity index (χ1) is 8.15. The summed E-state index contributed by atoms with van der Waals surface area (Å²) in [5, 5.41) is 6.08. The van der Waals surface area contributed by atoms with Crippen molar-refractivity contribution in [1.82, 2.24) is 15.3 Å². The summed E-state index contributed by atoms with van der Waals surface area (Å²) in [6.07, 6.45) is 3.78. The Balaban J connectivity index is 1.96. The average Bonchev–Trinajstić information content (AvgIpc) is 3.10. The van der Waals surface area contributed by atoms with Crippen LogP contribution in [0.15, 0.2) is 12.4 Å². The molecule has 17 heavy (non-hydrogen) atoms. The highest BCUT2D eigenvalue weighted by Gasteiger charge is 2.21. The van der Waals surface area contributed by atoms with Crippen molar-refractivity contribution in [2.24, 2.45) is 5.92 Å². The maximum Gasteiger partial charge on any atom is 0.270 e. The number of hydrogen-bond acceptors (Lipinski definition) is 4. The van der Waals surface area contributed by atoms with Crippen LogP contribution in [0.5, 0.6) is 0 Å². The van der Waals surface area contributed by atoms with E-state index < -0.39 is 0 Å². The van der Waals surface area contributed by atoms with E-state index in [0.717, 1.165) is 5.82 Å². The lowest BCUT2D eigenvalue weighted by atomic mass is 10.2. The van der Waals surface area contributed by atoms with Gasteiger partial charge in [-0.25, -0.2) is 9.97 Å². The third kappa shape index (κ3) is 3.69. The number of anilines is 1. The molecule has 0 aliphatic heterocycles. The van der Waals surface area contributed by atoms with Crippen LogP contribution in [-0.4, -0.2) is 28.5 Å². The predicted octanol–water partition coefficient (Wildman–Crippen LogP) is 1.44. The van der Waals surface area contributed by atoms with Gasteiger partial charge in [0, 0.05) is 18.7 Å². The lowest BCUT2D eigenvalue weighted by Gasteiger charge is -2.08. The SMILES string of the molecule is CC(C)CNC(=O)c1cc(NC2CC2)ncn1. The van der Waals surface area contributed by atoms with Gasteiger partial charge in [-0.15, -0.1) is 0 Å². The van der Waals surface area contributed by atoms with Gasteiger partial charge < -0.3 is 10.6 Å². The Morgan fingerprint density at radius 1 is 1.47 bits per heavy atom. The van der Waals surface area contributed by atoms with Crippen molar-refractivity contribution >= 4 is 11.7 Å². The van der Waals surface area contributed by atoms with Crippen molar-refractivity contribution < 1.29 is 4.79 Å². The molecule has 5 heteroatoms. The van der Waals surface area contributed by atoms with Gasteiger partial charge >= 0.3 is 0 Å². The zero-order valence-electron chi connectivity index (χ0n) is 10.2. The van der Waals surface area contributed by atoms with Gasteiger partial charge in [-0.2, -0.15) is 0 Å². The van der Waals surface area contributed by atoms with Crippen LogP contribution in [-0.2, 0) is 0 Å². The minimum Gasteiger partial charge on any atom is -0.367 e. The fourth-order valence-electron chi connectivity index (χ4n) is 1.38. The molecule has 0 radical (unpaired) electrons. The number of rotatable bonds is 5. The largest absolute Gasteiger partial charge is 0.367 e. The van der Waals surface area contributed by atoms with E-state index in [1.54, 1.807) is 6.07 Å². The van der Waals surface area contributed by atoms with Crippen LogP contribution >= 0.6 is 0 Å². The maximum atomic E-state index is 11.8. The quantitative estimate of drug-likeness (QED) is 0.809. The highest BCUT2D eigenvalue weighted by Crippen LogP contribution is 2.23. The summed E-state index contributed by atoms with van der Waals surface area (Å²) in [5.41, 5.74) is 0.420. The van der Waals surface area contributed by atoms with Gasteiger partial charge in [-0.3, -0.25) is 4.79 Å². The first-order valence-electron chi connectivity index (χ1n) is 6.02. The Hall–Kier alpha value is -1.65. The van der Waals surface area contributed by atoms with Crippen molar-refractivity contribution in [2.75, 3.05) is 11.9 Å². The van der Waals surface area contributed by atoms with Gasteiger partial charge in [0.25, 0.3) is 5.91 Å². The molecular formula is C12H18N4O. The molecule has 0 unspecified atom stereocenters. The highest BCUT2D eigenvalue weighted by atomic mass is 16.1. The number of carbonyl (C=O) groups is 1. The van der Waals surface area contributed by atoms with E-state index in [2.05, 4.69) is 34.4 Å². The van der Waals surface area contributed by atoms with Gasteiger partial charge in [-0.1, -0.05) is 13.8 Å². The molecule has 0 atom stereocenters. The fourth-order valence-corrected chi connectivity index (χ4v) is 1.38. The molecule has 92 valence electrons. The monoisotopic (exact) mass is 234 g/mol. The van der Waals surface area contributed by atoms with Gasteiger partial charge in [-0.05, 0) is 18.8 Å². The molecule has 1 fully saturated rings. The molecule has 1 aromatic heterocycles. The summed E-state index contributed by atoms with van der Waals surface area (Å²) in [7, 11) is 0. The third-order valence-electron chi connectivity index (χ3n) is 2.50. The first kappa shape index (κ1) is 11.8. The van der Waals surface area contributed by atoms with Gasteiger partial charge in [0.15, 0.2) is 0 Å². The van der Waals surface area contributed by atoms with E-state index in [0.29, 0.717) is 24.2 Å². The number of amides is 1. The van der Waals surface area contributed by atoms with Crippen molar-refractivity contribution in [2.45, 2.75) is 32.7 Å². The Morgan fingerprint density at radius 2 is 2.24 bits per heavy atom. The lowest BCUT2D eigenvalue weighted by Crippen LogP contribution is -2.28. The molecule has 0 spiro atoms. The number of aromatic nitrogens is 2. The van der Waals surface area contributed by atoms with E-state index in [1.807, 2.05) is 0 Å². The van der Waals surface area contributed by atoms with E-state index in [4.69, 9.17) is 0 Å². The maximum absolute atomic E-state index is 11.8. The zero-order valence-corrected chi connectivity index (χ0v) is 10.2.